The molecule has 204 valence electrons. The Morgan fingerprint density at radius 2 is 1.76 bits per heavy atom. The molecule has 0 fully saturated rings. The zero-order chi connectivity index (χ0) is 28.5. The standard InChI is InChI=1S/C31H20Br2ClN3O4/c1-39-25-15-20(27(32)28(33)29(25)40-17-18-10-12-21(34)13-11-18)16-35-37-30(26-14-19-6-2-5-9-24(19)41-26)36-23-8-4-3-7-22(23)31(37)38/h2-16H,17H2,1H3. The highest BCUT2D eigenvalue weighted by Crippen LogP contribution is 2.42. The van der Waals surface area contributed by atoms with Crippen LogP contribution >= 0.6 is 43.5 Å². The Hall–Kier alpha value is -3.92. The second kappa shape index (κ2) is 11.5. The summed E-state index contributed by atoms with van der Waals surface area (Å²) in [5.41, 5.74) is 2.50. The van der Waals surface area contributed by atoms with Crippen molar-refractivity contribution in [3.63, 3.8) is 0 Å². The van der Waals surface area contributed by atoms with Crippen LogP contribution in [-0.4, -0.2) is 23.0 Å². The number of benzene rings is 4. The molecule has 0 atom stereocenters. The number of hydrogen-bond donors (Lipinski definition) is 0. The predicted octanol–water partition coefficient (Wildman–Crippen LogP) is 8.46. The first kappa shape index (κ1) is 27.3. The summed E-state index contributed by atoms with van der Waals surface area (Å²) in [5.74, 6) is 1.71. The molecule has 0 spiro atoms. The van der Waals surface area contributed by atoms with Crippen molar-refractivity contribution in [2.45, 2.75) is 6.61 Å². The molecule has 0 saturated heterocycles. The number of fused-ring (bicyclic) bond motifs is 2. The van der Waals surface area contributed by atoms with E-state index in [-0.39, 0.29) is 11.4 Å². The molecule has 6 rings (SSSR count). The second-order valence-electron chi connectivity index (χ2n) is 9.00. The molecule has 2 heterocycles. The van der Waals surface area contributed by atoms with E-state index >= 15 is 0 Å². The van der Waals surface area contributed by atoms with Gasteiger partial charge in [-0.15, -0.1) is 0 Å². The SMILES string of the molecule is COc1cc(C=Nn2c(-c3cc4ccccc4o3)nc3ccccc3c2=O)c(Br)c(Br)c1OCc1ccc(Cl)cc1. The molecule has 41 heavy (non-hydrogen) atoms. The van der Waals surface area contributed by atoms with Crippen molar-refractivity contribution in [3.05, 3.63) is 120 Å². The summed E-state index contributed by atoms with van der Waals surface area (Å²) in [4.78, 5) is 18.4. The van der Waals surface area contributed by atoms with Crippen LogP contribution in [0.15, 0.2) is 108 Å². The fourth-order valence-electron chi connectivity index (χ4n) is 4.32. The smallest absolute Gasteiger partial charge is 0.282 e. The van der Waals surface area contributed by atoms with E-state index in [0.29, 0.717) is 59.9 Å². The third kappa shape index (κ3) is 5.40. The van der Waals surface area contributed by atoms with Crippen molar-refractivity contribution in [2.75, 3.05) is 7.11 Å². The number of rotatable bonds is 7. The fourth-order valence-corrected chi connectivity index (χ4v) is 5.38. The van der Waals surface area contributed by atoms with Crippen LogP contribution in [0, 0.1) is 0 Å². The normalized spacial score (nSPS) is 11.5. The summed E-state index contributed by atoms with van der Waals surface area (Å²) < 4.78 is 20.3. The van der Waals surface area contributed by atoms with Gasteiger partial charge in [0, 0.05) is 20.4 Å². The predicted molar refractivity (Wildman–Crippen MR) is 168 cm³/mol. The number of ether oxygens (including phenoxy) is 2. The molecule has 0 amide bonds. The number of hydrogen-bond acceptors (Lipinski definition) is 6. The minimum atomic E-state index is -0.327. The maximum atomic E-state index is 13.6. The van der Waals surface area contributed by atoms with Crippen LogP contribution in [0.2, 0.25) is 5.02 Å². The lowest BCUT2D eigenvalue weighted by atomic mass is 10.2. The van der Waals surface area contributed by atoms with Gasteiger partial charge in [-0.3, -0.25) is 4.79 Å². The summed E-state index contributed by atoms with van der Waals surface area (Å²) in [5, 5.41) is 6.57. The Labute approximate surface area is 256 Å². The van der Waals surface area contributed by atoms with Crippen LogP contribution in [0.25, 0.3) is 33.5 Å². The van der Waals surface area contributed by atoms with Crippen LogP contribution in [0.3, 0.4) is 0 Å². The molecular formula is C31H20Br2ClN3O4. The Morgan fingerprint density at radius 3 is 2.54 bits per heavy atom. The zero-order valence-electron chi connectivity index (χ0n) is 21.5. The van der Waals surface area contributed by atoms with Crippen LogP contribution in [-0.2, 0) is 6.61 Å². The minimum Gasteiger partial charge on any atom is -0.493 e. The van der Waals surface area contributed by atoms with Gasteiger partial charge in [-0.1, -0.05) is 54.1 Å². The van der Waals surface area contributed by atoms with Crippen molar-refractivity contribution < 1.29 is 13.9 Å². The fraction of sp³-hybridized carbons (Fsp3) is 0.0645. The Bertz CT molecular complexity index is 1970. The molecular weight excluding hydrogens is 674 g/mol. The van der Waals surface area contributed by atoms with Gasteiger partial charge in [-0.25, -0.2) is 4.98 Å². The first-order valence-corrected chi connectivity index (χ1v) is 14.4. The van der Waals surface area contributed by atoms with Crippen LogP contribution in [0.4, 0.5) is 0 Å². The second-order valence-corrected chi connectivity index (χ2v) is 11.0. The largest absolute Gasteiger partial charge is 0.493 e. The average molecular weight is 694 g/mol. The van der Waals surface area contributed by atoms with Gasteiger partial charge >= 0.3 is 0 Å². The molecule has 0 unspecified atom stereocenters. The molecule has 10 heteroatoms. The van der Waals surface area contributed by atoms with Crippen molar-refractivity contribution in [1.82, 2.24) is 9.66 Å². The van der Waals surface area contributed by atoms with E-state index in [1.54, 1.807) is 37.6 Å². The number of methoxy groups -OCH3 is 1. The monoisotopic (exact) mass is 691 g/mol. The highest BCUT2D eigenvalue weighted by atomic mass is 79.9. The van der Waals surface area contributed by atoms with Gasteiger partial charge in [0.25, 0.3) is 5.56 Å². The molecule has 2 aromatic heterocycles. The van der Waals surface area contributed by atoms with E-state index in [1.807, 2.05) is 60.7 Å². The summed E-state index contributed by atoms with van der Waals surface area (Å²) in [6.07, 6.45) is 1.56. The van der Waals surface area contributed by atoms with Crippen molar-refractivity contribution >= 4 is 71.5 Å². The number of para-hydroxylation sites is 2. The summed E-state index contributed by atoms with van der Waals surface area (Å²) in [6.45, 7) is 0.311. The van der Waals surface area contributed by atoms with E-state index in [4.69, 9.17) is 30.5 Å². The summed E-state index contributed by atoms with van der Waals surface area (Å²) >= 11 is 13.3. The topological polar surface area (TPSA) is 78.9 Å². The Kier molecular flexibility index (Phi) is 7.66. The molecule has 0 aliphatic carbocycles. The van der Waals surface area contributed by atoms with Gasteiger partial charge in [-0.05, 0) is 79.9 Å². The van der Waals surface area contributed by atoms with E-state index in [0.717, 1.165) is 10.9 Å². The first-order valence-electron chi connectivity index (χ1n) is 12.4. The summed E-state index contributed by atoms with van der Waals surface area (Å²) in [6, 6.07) is 25.8. The third-order valence-corrected chi connectivity index (χ3v) is 8.78. The molecule has 0 N–H and O–H groups in total. The molecule has 0 radical (unpaired) electrons. The van der Waals surface area contributed by atoms with Crippen LogP contribution in [0.1, 0.15) is 11.1 Å². The highest BCUT2D eigenvalue weighted by molar-refractivity contribution is 9.13. The van der Waals surface area contributed by atoms with E-state index in [9.17, 15) is 4.79 Å². The quantitative estimate of drug-likeness (QED) is 0.157. The Balaban J connectivity index is 1.42. The van der Waals surface area contributed by atoms with Gasteiger partial charge < -0.3 is 13.9 Å². The molecule has 7 nitrogen and oxygen atoms in total. The number of nitrogens with zero attached hydrogens (tertiary/aromatic N) is 3. The minimum absolute atomic E-state index is 0.284. The van der Waals surface area contributed by atoms with Crippen LogP contribution in [0.5, 0.6) is 11.5 Å². The Morgan fingerprint density at radius 1 is 1.00 bits per heavy atom. The number of furan rings is 1. The molecule has 0 aliphatic rings. The maximum absolute atomic E-state index is 13.6. The zero-order valence-corrected chi connectivity index (χ0v) is 25.4. The van der Waals surface area contributed by atoms with E-state index in [1.165, 1.54) is 4.68 Å². The summed E-state index contributed by atoms with van der Waals surface area (Å²) in [7, 11) is 1.56. The van der Waals surface area contributed by atoms with Gasteiger partial charge in [0.15, 0.2) is 17.3 Å². The first-order chi connectivity index (χ1) is 19.9. The number of halogens is 3. The molecule has 0 saturated carbocycles. The van der Waals surface area contributed by atoms with Crippen molar-refractivity contribution in [3.8, 4) is 23.1 Å². The van der Waals surface area contributed by atoms with Crippen LogP contribution < -0.4 is 15.0 Å². The van der Waals surface area contributed by atoms with Crippen molar-refractivity contribution in [2.24, 2.45) is 5.10 Å². The van der Waals surface area contributed by atoms with Crippen molar-refractivity contribution in [1.29, 1.82) is 0 Å². The van der Waals surface area contributed by atoms with Gasteiger partial charge in [0.1, 0.15) is 12.2 Å². The molecule has 0 aliphatic heterocycles. The van der Waals surface area contributed by atoms with Gasteiger partial charge in [0.2, 0.25) is 5.82 Å². The maximum Gasteiger partial charge on any atom is 0.282 e. The third-order valence-electron chi connectivity index (χ3n) is 6.38. The molecule has 0 bridgehead atoms. The number of aromatic nitrogens is 2. The van der Waals surface area contributed by atoms with Gasteiger partial charge in [-0.2, -0.15) is 9.78 Å². The highest BCUT2D eigenvalue weighted by Gasteiger charge is 2.19. The average Bonchev–Trinajstić information content (AvgIpc) is 3.43. The lowest BCUT2D eigenvalue weighted by Gasteiger charge is -2.15. The van der Waals surface area contributed by atoms with E-state index in [2.05, 4.69) is 37.0 Å². The lowest BCUT2D eigenvalue weighted by Crippen LogP contribution is -2.20. The molecule has 6 aromatic rings. The van der Waals surface area contributed by atoms with E-state index < -0.39 is 0 Å². The molecule has 4 aromatic carbocycles. The van der Waals surface area contributed by atoms with Gasteiger partial charge in [0.05, 0.1) is 28.7 Å². The lowest BCUT2D eigenvalue weighted by molar-refractivity contribution is 0.282.